The van der Waals surface area contributed by atoms with Crippen molar-refractivity contribution < 1.29 is 13.9 Å². The Kier molecular flexibility index (Phi) is 4.47. The van der Waals surface area contributed by atoms with Crippen LogP contribution in [0, 0.1) is 13.8 Å². The standard InChI is InChI=1S/C21H20ClNO3/c1-13-4-3-5-17-14(2)20(26-19(13)17)21(24)23-10-11-25-18(12-23)15-6-8-16(22)9-7-15/h3-9,18H,10-12H2,1-2H3. The number of nitrogens with zero attached hydrogens (tertiary/aromatic N) is 1. The molecular formula is C21H20ClNO3. The van der Waals surface area contributed by atoms with Gasteiger partial charge in [0, 0.05) is 22.5 Å². The van der Waals surface area contributed by atoms with Crippen molar-refractivity contribution >= 4 is 28.5 Å². The van der Waals surface area contributed by atoms with Gasteiger partial charge in [-0.3, -0.25) is 4.79 Å². The van der Waals surface area contributed by atoms with Crippen molar-refractivity contribution in [2.45, 2.75) is 20.0 Å². The van der Waals surface area contributed by atoms with Gasteiger partial charge in [0.05, 0.1) is 13.2 Å². The molecule has 0 spiro atoms. The fourth-order valence-corrected chi connectivity index (χ4v) is 3.57. The first kappa shape index (κ1) is 17.1. The molecule has 1 aliphatic heterocycles. The summed E-state index contributed by atoms with van der Waals surface area (Å²) in [5.41, 5.74) is 3.73. The number of benzene rings is 2. The number of ether oxygens (including phenoxy) is 1. The van der Waals surface area contributed by atoms with Gasteiger partial charge in [0.1, 0.15) is 11.7 Å². The minimum absolute atomic E-state index is 0.0830. The van der Waals surface area contributed by atoms with Crippen molar-refractivity contribution in [2.24, 2.45) is 0 Å². The molecule has 1 aliphatic rings. The van der Waals surface area contributed by atoms with Gasteiger partial charge < -0.3 is 14.1 Å². The summed E-state index contributed by atoms with van der Waals surface area (Å²) in [5.74, 6) is 0.339. The van der Waals surface area contributed by atoms with Gasteiger partial charge >= 0.3 is 0 Å². The van der Waals surface area contributed by atoms with Gasteiger partial charge in [-0.25, -0.2) is 0 Å². The maximum atomic E-state index is 13.1. The molecule has 2 aromatic carbocycles. The predicted molar refractivity (Wildman–Crippen MR) is 102 cm³/mol. The normalized spacial score (nSPS) is 17.7. The summed E-state index contributed by atoms with van der Waals surface area (Å²) in [6.45, 7) is 5.48. The van der Waals surface area contributed by atoms with Crippen LogP contribution >= 0.6 is 11.6 Å². The number of carbonyl (C=O) groups is 1. The van der Waals surface area contributed by atoms with Crippen molar-refractivity contribution in [1.29, 1.82) is 0 Å². The van der Waals surface area contributed by atoms with Crippen molar-refractivity contribution in [2.75, 3.05) is 19.7 Å². The topological polar surface area (TPSA) is 42.7 Å². The van der Waals surface area contributed by atoms with Gasteiger partial charge in [0.2, 0.25) is 0 Å². The van der Waals surface area contributed by atoms with Crippen LogP contribution in [0.2, 0.25) is 5.02 Å². The SMILES string of the molecule is Cc1c(C(=O)N2CCOC(c3ccc(Cl)cc3)C2)oc2c(C)cccc12. The molecule has 0 N–H and O–H groups in total. The molecular weight excluding hydrogens is 350 g/mol. The second-order valence-corrected chi connectivity index (χ2v) is 7.11. The molecule has 1 unspecified atom stereocenters. The minimum Gasteiger partial charge on any atom is -0.450 e. The third-order valence-electron chi connectivity index (χ3n) is 4.95. The molecule has 1 aromatic heterocycles. The molecule has 3 aromatic rings. The number of hydrogen-bond acceptors (Lipinski definition) is 3. The lowest BCUT2D eigenvalue weighted by Crippen LogP contribution is -2.42. The van der Waals surface area contributed by atoms with Crippen LogP contribution in [0.4, 0.5) is 0 Å². The van der Waals surface area contributed by atoms with Crippen LogP contribution in [0.25, 0.3) is 11.0 Å². The van der Waals surface area contributed by atoms with E-state index in [0.717, 1.165) is 27.7 Å². The monoisotopic (exact) mass is 369 g/mol. The van der Waals surface area contributed by atoms with Crippen LogP contribution in [0.15, 0.2) is 46.9 Å². The first-order chi connectivity index (χ1) is 12.5. The van der Waals surface area contributed by atoms with Crippen LogP contribution < -0.4 is 0 Å². The number of hydrogen-bond donors (Lipinski definition) is 0. The van der Waals surface area contributed by atoms with Crippen LogP contribution in [-0.2, 0) is 4.74 Å². The highest BCUT2D eigenvalue weighted by Crippen LogP contribution is 2.30. The summed E-state index contributed by atoms with van der Waals surface area (Å²) < 4.78 is 11.8. The third kappa shape index (κ3) is 3.00. The molecule has 1 fully saturated rings. The van der Waals surface area contributed by atoms with E-state index < -0.39 is 0 Å². The summed E-state index contributed by atoms with van der Waals surface area (Å²) in [7, 11) is 0. The van der Waals surface area contributed by atoms with Gasteiger partial charge in [-0.05, 0) is 37.1 Å². The quantitative estimate of drug-likeness (QED) is 0.644. The number of furan rings is 1. The smallest absolute Gasteiger partial charge is 0.290 e. The van der Waals surface area contributed by atoms with Crippen molar-refractivity contribution in [3.63, 3.8) is 0 Å². The van der Waals surface area contributed by atoms with Crippen LogP contribution in [-0.4, -0.2) is 30.5 Å². The number of rotatable bonds is 2. The Labute approximate surface area is 157 Å². The maximum Gasteiger partial charge on any atom is 0.290 e. The van der Waals surface area contributed by atoms with E-state index >= 15 is 0 Å². The molecule has 0 radical (unpaired) electrons. The number of fused-ring (bicyclic) bond motifs is 1. The largest absolute Gasteiger partial charge is 0.450 e. The lowest BCUT2D eigenvalue weighted by Gasteiger charge is -2.32. The Balaban J connectivity index is 1.61. The Bertz CT molecular complexity index is 961. The molecule has 0 bridgehead atoms. The fraction of sp³-hybridized carbons (Fsp3) is 0.286. The zero-order chi connectivity index (χ0) is 18.3. The highest BCUT2D eigenvalue weighted by Gasteiger charge is 2.29. The average molecular weight is 370 g/mol. The summed E-state index contributed by atoms with van der Waals surface area (Å²) >= 11 is 5.96. The Morgan fingerprint density at radius 2 is 1.92 bits per heavy atom. The van der Waals surface area contributed by atoms with Gasteiger partial charge in [-0.2, -0.15) is 0 Å². The molecule has 4 nitrogen and oxygen atoms in total. The lowest BCUT2D eigenvalue weighted by atomic mass is 10.1. The van der Waals surface area contributed by atoms with E-state index in [1.54, 1.807) is 0 Å². The second kappa shape index (κ2) is 6.78. The van der Waals surface area contributed by atoms with Gasteiger partial charge in [0.25, 0.3) is 5.91 Å². The number of halogens is 1. The van der Waals surface area contributed by atoms with E-state index in [9.17, 15) is 4.79 Å². The minimum atomic E-state index is -0.156. The molecule has 0 aliphatic carbocycles. The van der Waals surface area contributed by atoms with Crippen LogP contribution in [0.1, 0.15) is 33.3 Å². The van der Waals surface area contributed by atoms with E-state index in [1.165, 1.54) is 0 Å². The lowest BCUT2D eigenvalue weighted by molar-refractivity contribution is -0.0237. The Morgan fingerprint density at radius 1 is 1.15 bits per heavy atom. The van der Waals surface area contributed by atoms with E-state index in [0.29, 0.717) is 30.5 Å². The third-order valence-corrected chi connectivity index (χ3v) is 5.20. The molecule has 0 saturated carbocycles. The summed E-state index contributed by atoms with van der Waals surface area (Å²) in [4.78, 5) is 14.9. The molecule has 1 amide bonds. The first-order valence-corrected chi connectivity index (χ1v) is 9.07. The molecule has 4 rings (SSSR count). The summed E-state index contributed by atoms with van der Waals surface area (Å²) in [6, 6.07) is 13.5. The van der Waals surface area contributed by atoms with E-state index in [2.05, 4.69) is 0 Å². The van der Waals surface area contributed by atoms with Gasteiger partial charge in [-0.1, -0.05) is 41.9 Å². The fourth-order valence-electron chi connectivity index (χ4n) is 3.44. The molecule has 2 heterocycles. The van der Waals surface area contributed by atoms with Crippen LogP contribution in [0.3, 0.4) is 0 Å². The molecule has 1 atom stereocenters. The van der Waals surface area contributed by atoms with E-state index in [-0.39, 0.29) is 12.0 Å². The van der Waals surface area contributed by atoms with Crippen molar-refractivity contribution in [3.8, 4) is 0 Å². The maximum absolute atomic E-state index is 13.1. The number of aryl methyl sites for hydroxylation is 2. The highest BCUT2D eigenvalue weighted by molar-refractivity contribution is 6.30. The van der Waals surface area contributed by atoms with E-state index in [4.69, 9.17) is 20.8 Å². The van der Waals surface area contributed by atoms with E-state index in [1.807, 2.05) is 61.2 Å². The number of amides is 1. The summed E-state index contributed by atoms with van der Waals surface area (Å²) in [5, 5.41) is 1.68. The Morgan fingerprint density at radius 3 is 2.65 bits per heavy atom. The van der Waals surface area contributed by atoms with Gasteiger partial charge in [-0.15, -0.1) is 0 Å². The molecule has 5 heteroatoms. The number of morpholine rings is 1. The van der Waals surface area contributed by atoms with Crippen molar-refractivity contribution in [3.05, 3.63) is 69.9 Å². The first-order valence-electron chi connectivity index (χ1n) is 8.69. The molecule has 1 saturated heterocycles. The van der Waals surface area contributed by atoms with Gasteiger partial charge in [0.15, 0.2) is 5.76 Å². The van der Waals surface area contributed by atoms with Crippen LogP contribution in [0.5, 0.6) is 0 Å². The second-order valence-electron chi connectivity index (χ2n) is 6.67. The molecule has 26 heavy (non-hydrogen) atoms. The zero-order valence-corrected chi connectivity index (χ0v) is 15.5. The average Bonchev–Trinajstić information content (AvgIpc) is 3.00. The predicted octanol–water partition coefficient (Wildman–Crippen LogP) is 4.92. The summed E-state index contributed by atoms with van der Waals surface area (Å²) in [6.07, 6.45) is -0.156. The Hall–Kier alpha value is -2.30. The number of carbonyl (C=O) groups excluding carboxylic acids is 1. The highest BCUT2D eigenvalue weighted by atomic mass is 35.5. The van der Waals surface area contributed by atoms with Crippen molar-refractivity contribution in [1.82, 2.24) is 4.90 Å². The number of para-hydroxylation sites is 1. The zero-order valence-electron chi connectivity index (χ0n) is 14.8. The molecule has 134 valence electrons.